The SMILES string of the molecule is O=C(Cc1csc(-c2ccccc2)n1)Nc1ccnn1Cc1cccc(Cl)c1. The van der Waals surface area contributed by atoms with Crippen LogP contribution in [0.4, 0.5) is 5.82 Å². The third-order valence-electron chi connectivity index (χ3n) is 4.12. The zero-order valence-electron chi connectivity index (χ0n) is 14.9. The number of nitrogens with one attached hydrogen (secondary N) is 1. The van der Waals surface area contributed by atoms with E-state index in [4.69, 9.17) is 11.6 Å². The second kappa shape index (κ2) is 8.37. The van der Waals surface area contributed by atoms with E-state index < -0.39 is 0 Å². The molecule has 2 aromatic heterocycles. The minimum absolute atomic E-state index is 0.127. The van der Waals surface area contributed by atoms with E-state index in [1.165, 1.54) is 11.3 Å². The lowest BCUT2D eigenvalue weighted by Crippen LogP contribution is -2.18. The highest BCUT2D eigenvalue weighted by atomic mass is 35.5. The van der Waals surface area contributed by atoms with Gasteiger partial charge in [-0.25, -0.2) is 9.67 Å². The smallest absolute Gasteiger partial charge is 0.231 e. The molecule has 0 aliphatic carbocycles. The lowest BCUT2D eigenvalue weighted by molar-refractivity contribution is -0.115. The molecule has 28 heavy (non-hydrogen) atoms. The summed E-state index contributed by atoms with van der Waals surface area (Å²) < 4.78 is 1.74. The van der Waals surface area contributed by atoms with Gasteiger partial charge in [-0.2, -0.15) is 5.10 Å². The van der Waals surface area contributed by atoms with Gasteiger partial charge in [-0.3, -0.25) is 4.79 Å². The fraction of sp³-hybridized carbons (Fsp3) is 0.0952. The van der Waals surface area contributed by atoms with Gasteiger partial charge in [0.05, 0.1) is 24.9 Å². The summed E-state index contributed by atoms with van der Waals surface area (Å²) in [7, 11) is 0. The predicted octanol–water partition coefficient (Wildman–Crippen LogP) is 4.89. The van der Waals surface area contributed by atoms with Gasteiger partial charge in [0.1, 0.15) is 10.8 Å². The van der Waals surface area contributed by atoms with Crippen molar-refractivity contribution in [2.75, 3.05) is 5.32 Å². The molecule has 140 valence electrons. The van der Waals surface area contributed by atoms with Crippen LogP contribution >= 0.6 is 22.9 Å². The quantitative estimate of drug-likeness (QED) is 0.494. The van der Waals surface area contributed by atoms with Crippen LogP contribution in [0.3, 0.4) is 0 Å². The Morgan fingerprint density at radius 2 is 1.96 bits per heavy atom. The van der Waals surface area contributed by atoms with Gasteiger partial charge < -0.3 is 5.32 Å². The molecule has 0 radical (unpaired) electrons. The molecule has 0 aliphatic heterocycles. The zero-order valence-corrected chi connectivity index (χ0v) is 16.5. The molecule has 0 unspecified atom stereocenters. The summed E-state index contributed by atoms with van der Waals surface area (Å²) >= 11 is 7.58. The summed E-state index contributed by atoms with van der Waals surface area (Å²) in [6.45, 7) is 0.526. The molecule has 4 rings (SSSR count). The highest BCUT2D eigenvalue weighted by molar-refractivity contribution is 7.13. The van der Waals surface area contributed by atoms with E-state index in [0.717, 1.165) is 21.8 Å². The lowest BCUT2D eigenvalue weighted by atomic mass is 10.2. The summed E-state index contributed by atoms with van der Waals surface area (Å²) in [6, 6.07) is 19.3. The van der Waals surface area contributed by atoms with E-state index in [-0.39, 0.29) is 12.3 Å². The van der Waals surface area contributed by atoms with Gasteiger partial charge in [-0.15, -0.1) is 11.3 Å². The zero-order chi connectivity index (χ0) is 19.3. The van der Waals surface area contributed by atoms with Gasteiger partial charge in [0.15, 0.2) is 0 Å². The highest BCUT2D eigenvalue weighted by Crippen LogP contribution is 2.23. The molecular formula is C21H17ClN4OS. The molecule has 1 N–H and O–H groups in total. The molecule has 4 aromatic rings. The maximum Gasteiger partial charge on any atom is 0.231 e. The second-order valence-electron chi connectivity index (χ2n) is 6.24. The summed E-state index contributed by atoms with van der Waals surface area (Å²) in [6.07, 6.45) is 1.88. The largest absolute Gasteiger partial charge is 0.311 e. The van der Waals surface area contributed by atoms with Crippen molar-refractivity contribution in [3.8, 4) is 10.6 Å². The van der Waals surface area contributed by atoms with Crippen molar-refractivity contribution >= 4 is 34.7 Å². The van der Waals surface area contributed by atoms with Crippen molar-refractivity contribution in [2.24, 2.45) is 0 Å². The molecule has 7 heteroatoms. The first-order chi connectivity index (χ1) is 13.7. The number of hydrogen-bond donors (Lipinski definition) is 1. The Bertz CT molecular complexity index is 1090. The fourth-order valence-corrected chi connectivity index (χ4v) is 3.86. The summed E-state index contributed by atoms with van der Waals surface area (Å²) in [4.78, 5) is 17.0. The van der Waals surface area contributed by atoms with Gasteiger partial charge >= 0.3 is 0 Å². The van der Waals surface area contributed by atoms with Crippen molar-refractivity contribution < 1.29 is 4.79 Å². The van der Waals surface area contributed by atoms with Gasteiger partial charge in [0, 0.05) is 22.0 Å². The number of carbonyl (C=O) groups excluding carboxylic acids is 1. The third-order valence-corrected chi connectivity index (χ3v) is 5.29. The van der Waals surface area contributed by atoms with Crippen LogP contribution in [-0.2, 0) is 17.8 Å². The average Bonchev–Trinajstić information content (AvgIpc) is 3.32. The summed E-state index contributed by atoms with van der Waals surface area (Å²) in [5.74, 6) is 0.515. The number of amides is 1. The number of aromatic nitrogens is 3. The second-order valence-corrected chi connectivity index (χ2v) is 7.53. The van der Waals surface area contributed by atoms with Gasteiger partial charge in [0.25, 0.3) is 0 Å². The van der Waals surface area contributed by atoms with E-state index in [9.17, 15) is 4.79 Å². The fourth-order valence-electron chi connectivity index (χ4n) is 2.83. The minimum atomic E-state index is -0.127. The van der Waals surface area contributed by atoms with E-state index in [2.05, 4.69) is 15.4 Å². The van der Waals surface area contributed by atoms with Crippen molar-refractivity contribution in [1.29, 1.82) is 0 Å². The minimum Gasteiger partial charge on any atom is -0.311 e. The molecule has 0 atom stereocenters. The highest BCUT2D eigenvalue weighted by Gasteiger charge is 2.12. The van der Waals surface area contributed by atoms with E-state index in [1.807, 2.05) is 60.0 Å². The molecule has 0 fully saturated rings. The van der Waals surface area contributed by atoms with Crippen LogP contribution < -0.4 is 5.32 Å². The molecule has 0 spiro atoms. The number of hydrogen-bond acceptors (Lipinski definition) is 4. The lowest BCUT2D eigenvalue weighted by Gasteiger charge is -2.09. The van der Waals surface area contributed by atoms with Crippen molar-refractivity contribution in [3.05, 3.63) is 88.5 Å². The average molecular weight is 409 g/mol. The number of rotatable bonds is 6. The predicted molar refractivity (Wildman–Crippen MR) is 113 cm³/mol. The van der Waals surface area contributed by atoms with Crippen molar-refractivity contribution in [1.82, 2.24) is 14.8 Å². The molecule has 0 saturated carbocycles. The molecule has 0 aliphatic rings. The van der Waals surface area contributed by atoms with E-state index in [0.29, 0.717) is 17.4 Å². The normalized spacial score (nSPS) is 10.8. The van der Waals surface area contributed by atoms with Crippen LogP contribution in [0, 0.1) is 0 Å². The molecule has 5 nitrogen and oxygen atoms in total. The molecule has 0 bridgehead atoms. The van der Waals surface area contributed by atoms with Crippen LogP contribution in [0.15, 0.2) is 72.2 Å². The van der Waals surface area contributed by atoms with Crippen molar-refractivity contribution in [3.63, 3.8) is 0 Å². The van der Waals surface area contributed by atoms with Crippen LogP contribution in [0.1, 0.15) is 11.3 Å². The Balaban J connectivity index is 1.41. The topological polar surface area (TPSA) is 59.8 Å². The Hall–Kier alpha value is -2.96. The Kier molecular flexibility index (Phi) is 5.50. The van der Waals surface area contributed by atoms with E-state index >= 15 is 0 Å². The molecule has 2 aromatic carbocycles. The first kappa shape index (κ1) is 18.4. The molecule has 1 amide bonds. The van der Waals surface area contributed by atoms with Gasteiger partial charge in [0.2, 0.25) is 5.91 Å². The maximum atomic E-state index is 12.5. The summed E-state index contributed by atoms with van der Waals surface area (Å²) in [5, 5.41) is 10.7. The maximum absolute atomic E-state index is 12.5. The van der Waals surface area contributed by atoms with Crippen LogP contribution in [0.25, 0.3) is 10.6 Å². The van der Waals surface area contributed by atoms with Crippen LogP contribution in [-0.4, -0.2) is 20.7 Å². The molecule has 2 heterocycles. The number of halogens is 1. The number of anilines is 1. The first-order valence-corrected chi connectivity index (χ1v) is 9.99. The van der Waals surface area contributed by atoms with Crippen molar-refractivity contribution in [2.45, 2.75) is 13.0 Å². The Morgan fingerprint density at radius 1 is 1.11 bits per heavy atom. The number of carbonyl (C=O) groups is 1. The Morgan fingerprint density at radius 3 is 2.79 bits per heavy atom. The molecule has 0 saturated heterocycles. The number of benzene rings is 2. The third kappa shape index (κ3) is 4.47. The van der Waals surface area contributed by atoms with Crippen LogP contribution in [0.2, 0.25) is 5.02 Å². The van der Waals surface area contributed by atoms with E-state index in [1.54, 1.807) is 16.9 Å². The summed E-state index contributed by atoms with van der Waals surface area (Å²) in [5.41, 5.74) is 2.82. The Labute approximate surface area is 171 Å². The monoisotopic (exact) mass is 408 g/mol. The van der Waals surface area contributed by atoms with Gasteiger partial charge in [-0.05, 0) is 17.7 Å². The first-order valence-electron chi connectivity index (χ1n) is 8.73. The van der Waals surface area contributed by atoms with Gasteiger partial charge in [-0.1, -0.05) is 54.1 Å². The number of nitrogens with zero attached hydrogens (tertiary/aromatic N) is 3. The molecular weight excluding hydrogens is 392 g/mol. The standard InChI is InChI=1S/C21H17ClN4OS/c22-17-8-4-5-15(11-17)13-26-19(9-10-23-26)25-20(27)12-18-14-28-21(24-18)16-6-2-1-3-7-16/h1-11,14H,12-13H2,(H,25,27). The number of thiazole rings is 1. The van der Waals surface area contributed by atoms with Crippen LogP contribution in [0.5, 0.6) is 0 Å².